The minimum atomic E-state index is -0.709. The number of nitrogens with zero attached hydrogens (tertiary/aromatic N) is 1. The first-order chi connectivity index (χ1) is 8.99. The fourth-order valence-corrected chi connectivity index (χ4v) is 1.87. The minimum absolute atomic E-state index is 0.116. The van der Waals surface area contributed by atoms with Crippen molar-refractivity contribution >= 4 is 27.5 Å². The Morgan fingerprint density at radius 2 is 2.05 bits per heavy atom. The van der Waals surface area contributed by atoms with Crippen LogP contribution in [-0.2, 0) is 0 Å². The third-order valence-corrected chi connectivity index (χ3v) is 3.14. The largest absolute Gasteiger partial charge is 0.322 e. The lowest BCUT2D eigenvalue weighted by Crippen LogP contribution is -2.14. The van der Waals surface area contributed by atoms with Gasteiger partial charge in [-0.15, -0.1) is 0 Å². The molecule has 0 aliphatic heterocycles. The number of amides is 1. The highest BCUT2D eigenvalue weighted by Gasteiger charge is 2.13. The molecule has 0 bridgehead atoms. The first-order valence-corrected chi connectivity index (χ1v) is 6.15. The van der Waals surface area contributed by atoms with E-state index >= 15 is 0 Å². The molecule has 19 heavy (non-hydrogen) atoms. The SMILES string of the molecule is Cc1cc(F)c(Br)cc1NC(=O)c1ccncc1F. The zero-order chi connectivity index (χ0) is 14.0. The number of pyridine rings is 1. The molecule has 6 heteroatoms. The van der Waals surface area contributed by atoms with Crippen LogP contribution in [0.25, 0.3) is 0 Å². The maximum atomic E-state index is 13.4. The van der Waals surface area contributed by atoms with E-state index in [1.165, 1.54) is 24.4 Å². The third kappa shape index (κ3) is 2.96. The molecule has 0 saturated heterocycles. The van der Waals surface area contributed by atoms with Gasteiger partial charge in [0.2, 0.25) is 0 Å². The summed E-state index contributed by atoms with van der Waals surface area (Å²) in [5, 5.41) is 2.53. The van der Waals surface area contributed by atoms with Crippen LogP contribution in [0.3, 0.4) is 0 Å². The first-order valence-electron chi connectivity index (χ1n) is 5.35. The Labute approximate surface area is 116 Å². The van der Waals surface area contributed by atoms with Crippen LogP contribution in [0, 0.1) is 18.6 Å². The van der Waals surface area contributed by atoms with Crippen molar-refractivity contribution in [2.75, 3.05) is 5.32 Å². The third-order valence-electron chi connectivity index (χ3n) is 2.53. The van der Waals surface area contributed by atoms with Gasteiger partial charge in [0.05, 0.1) is 16.2 Å². The standard InChI is InChI=1S/C13H9BrF2N2O/c1-7-4-10(15)9(14)5-12(7)18-13(19)8-2-3-17-6-11(8)16/h2-6H,1H3,(H,18,19). The van der Waals surface area contributed by atoms with Crippen LogP contribution in [-0.4, -0.2) is 10.9 Å². The molecule has 0 aliphatic rings. The van der Waals surface area contributed by atoms with E-state index in [2.05, 4.69) is 26.2 Å². The highest BCUT2D eigenvalue weighted by molar-refractivity contribution is 9.10. The number of rotatable bonds is 2. The summed E-state index contributed by atoms with van der Waals surface area (Å²) < 4.78 is 26.9. The summed E-state index contributed by atoms with van der Waals surface area (Å²) in [6.45, 7) is 1.65. The number of hydrogen-bond donors (Lipinski definition) is 1. The van der Waals surface area contributed by atoms with Crippen molar-refractivity contribution in [2.45, 2.75) is 6.92 Å². The van der Waals surface area contributed by atoms with Crippen LogP contribution in [0.2, 0.25) is 0 Å². The summed E-state index contributed by atoms with van der Waals surface area (Å²) in [5.41, 5.74) is 0.841. The number of aromatic nitrogens is 1. The van der Waals surface area contributed by atoms with Crippen molar-refractivity contribution in [1.29, 1.82) is 0 Å². The van der Waals surface area contributed by atoms with E-state index < -0.39 is 17.5 Å². The summed E-state index contributed by atoms with van der Waals surface area (Å²) in [6.07, 6.45) is 2.29. The molecule has 98 valence electrons. The Balaban J connectivity index is 2.30. The van der Waals surface area contributed by atoms with E-state index in [1.54, 1.807) is 6.92 Å². The van der Waals surface area contributed by atoms with Gasteiger partial charge in [0.15, 0.2) is 5.82 Å². The molecule has 0 aliphatic carbocycles. The Morgan fingerprint density at radius 1 is 1.32 bits per heavy atom. The van der Waals surface area contributed by atoms with Crippen molar-refractivity contribution in [3.05, 3.63) is 57.8 Å². The molecule has 1 aromatic carbocycles. The molecule has 0 radical (unpaired) electrons. The van der Waals surface area contributed by atoms with Crippen LogP contribution in [0.5, 0.6) is 0 Å². The molecular weight excluding hydrogens is 318 g/mol. The molecular formula is C13H9BrF2N2O. The number of benzene rings is 1. The second kappa shape index (κ2) is 5.44. The maximum Gasteiger partial charge on any atom is 0.258 e. The summed E-state index contributed by atoms with van der Waals surface area (Å²) in [5.74, 6) is -1.74. The van der Waals surface area contributed by atoms with Gasteiger partial charge in [-0.3, -0.25) is 9.78 Å². The lowest BCUT2D eigenvalue weighted by molar-refractivity contribution is 0.102. The summed E-state index contributed by atoms with van der Waals surface area (Å²) in [4.78, 5) is 15.5. The number of carbonyl (C=O) groups excluding carboxylic acids is 1. The van der Waals surface area contributed by atoms with Crippen LogP contribution >= 0.6 is 15.9 Å². The zero-order valence-electron chi connectivity index (χ0n) is 9.88. The normalized spacial score (nSPS) is 10.3. The number of aryl methyl sites for hydroxylation is 1. The smallest absolute Gasteiger partial charge is 0.258 e. The molecule has 3 nitrogen and oxygen atoms in total. The summed E-state index contributed by atoms with van der Waals surface area (Å²) >= 11 is 3.03. The van der Waals surface area contributed by atoms with E-state index in [9.17, 15) is 13.6 Å². The van der Waals surface area contributed by atoms with Gasteiger partial charge in [-0.25, -0.2) is 8.78 Å². The van der Waals surface area contributed by atoms with Gasteiger partial charge < -0.3 is 5.32 Å². The van der Waals surface area contributed by atoms with Crippen LogP contribution in [0.1, 0.15) is 15.9 Å². The second-order valence-electron chi connectivity index (χ2n) is 3.89. The first kappa shape index (κ1) is 13.6. The van der Waals surface area contributed by atoms with Crippen molar-refractivity contribution in [1.82, 2.24) is 4.98 Å². The molecule has 0 saturated carbocycles. The minimum Gasteiger partial charge on any atom is -0.322 e. The van der Waals surface area contributed by atoms with Gasteiger partial charge >= 0.3 is 0 Å². The highest BCUT2D eigenvalue weighted by atomic mass is 79.9. The quantitative estimate of drug-likeness (QED) is 0.914. The van der Waals surface area contributed by atoms with Crippen LogP contribution in [0.4, 0.5) is 14.5 Å². The molecule has 1 heterocycles. The Morgan fingerprint density at radius 3 is 2.74 bits per heavy atom. The maximum absolute atomic E-state index is 13.4. The second-order valence-corrected chi connectivity index (χ2v) is 4.75. The van der Waals surface area contributed by atoms with Gasteiger partial charge in [-0.05, 0) is 46.6 Å². The average molecular weight is 327 g/mol. The van der Waals surface area contributed by atoms with Gasteiger partial charge in [-0.1, -0.05) is 0 Å². The van der Waals surface area contributed by atoms with Gasteiger partial charge in [0.25, 0.3) is 5.91 Å². The van der Waals surface area contributed by atoms with E-state index in [1.807, 2.05) is 0 Å². The lowest BCUT2D eigenvalue weighted by Gasteiger charge is -2.10. The Hall–Kier alpha value is -1.82. The highest BCUT2D eigenvalue weighted by Crippen LogP contribution is 2.24. The van der Waals surface area contributed by atoms with Gasteiger partial charge in [0, 0.05) is 11.9 Å². The van der Waals surface area contributed by atoms with E-state index in [4.69, 9.17) is 0 Å². The number of anilines is 1. The number of hydrogen-bond acceptors (Lipinski definition) is 2. The number of carbonyl (C=O) groups is 1. The van der Waals surface area contributed by atoms with Crippen molar-refractivity contribution in [3.8, 4) is 0 Å². The van der Waals surface area contributed by atoms with E-state index in [-0.39, 0.29) is 10.0 Å². The molecule has 2 aromatic rings. The summed E-state index contributed by atoms with van der Waals surface area (Å²) in [7, 11) is 0. The molecule has 1 N–H and O–H groups in total. The predicted molar refractivity (Wildman–Crippen MR) is 71.0 cm³/mol. The van der Waals surface area contributed by atoms with Crippen molar-refractivity contribution in [2.24, 2.45) is 0 Å². The molecule has 0 atom stereocenters. The molecule has 0 spiro atoms. The van der Waals surface area contributed by atoms with Gasteiger partial charge in [0.1, 0.15) is 5.82 Å². The van der Waals surface area contributed by atoms with E-state index in [0.717, 1.165) is 6.20 Å². The number of nitrogens with one attached hydrogen (secondary N) is 1. The Bertz CT molecular complexity index is 647. The van der Waals surface area contributed by atoms with Crippen LogP contribution in [0.15, 0.2) is 35.1 Å². The Kier molecular flexibility index (Phi) is 3.90. The fraction of sp³-hybridized carbons (Fsp3) is 0.0769. The lowest BCUT2D eigenvalue weighted by atomic mass is 10.1. The molecule has 2 rings (SSSR count). The topological polar surface area (TPSA) is 42.0 Å². The van der Waals surface area contributed by atoms with E-state index in [0.29, 0.717) is 11.3 Å². The number of halogens is 3. The molecule has 1 amide bonds. The molecule has 0 unspecified atom stereocenters. The average Bonchev–Trinajstić information content (AvgIpc) is 2.36. The monoisotopic (exact) mass is 326 g/mol. The zero-order valence-corrected chi connectivity index (χ0v) is 11.5. The predicted octanol–water partition coefficient (Wildman–Crippen LogP) is 3.68. The van der Waals surface area contributed by atoms with Crippen molar-refractivity contribution in [3.63, 3.8) is 0 Å². The van der Waals surface area contributed by atoms with Crippen molar-refractivity contribution < 1.29 is 13.6 Å². The fourth-order valence-electron chi connectivity index (χ4n) is 1.53. The molecule has 0 fully saturated rings. The van der Waals surface area contributed by atoms with Crippen LogP contribution < -0.4 is 5.32 Å². The summed E-state index contributed by atoms with van der Waals surface area (Å²) in [6, 6.07) is 3.99. The van der Waals surface area contributed by atoms with Gasteiger partial charge in [-0.2, -0.15) is 0 Å². The molecule has 1 aromatic heterocycles.